The van der Waals surface area contributed by atoms with E-state index >= 15 is 0 Å². The largest absolute Gasteiger partial charge is 0.505 e. The Morgan fingerprint density at radius 3 is 2.22 bits per heavy atom. The number of nitrogens with zero attached hydrogens (tertiary/aromatic N) is 3. The predicted molar refractivity (Wildman–Crippen MR) is 122 cm³/mol. The van der Waals surface area contributed by atoms with Crippen LogP contribution in [0, 0.1) is 0 Å². The summed E-state index contributed by atoms with van der Waals surface area (Å²) in [5.74, 6) is -0.0687. The third-order valence-corrected chi connectivity index (χ3v) is 5.76. The Bertz CT molecular complexity index is 1240. The van der Waals surface area contributed by atoms with E-state index in [-0.39, 0.29) is 12.2 Å². The van der Waals surface area contributed by atoms with Crippen molar-refractivity contribution < 1.29 is 19.7 Å². The minimum atomic E-state index is -0.876. The van der Waals surface area contributed by atoms with Crippen LogP contribution in [0.1, 0.15) is 37.0 Å². The number of fused-ring (bicyclic) bond motifs is 1. The summed E-state index contributed by atoms with van der Waals surface area (Å²) in [4.78, 5) is 12.6. The number of carboxylic acid groups (broad SMARTS) is 1. The number of rotatable bonds is 7. The molecule has 4 rings (SSSR count). The number of aliphatic carboxylic acids is 1. The summed E-state index contributed by atoms with van der Waals surface area (Å²) in [5.41, 5.74) is 3.70. The second kappa shape index (κ2) is 8.34. The van der Waals surface area contributed by atoms with E-state index < -0.39 is 11.4 Å². The molecule has 0 spiro atoms. The lowest BCUT2D eigenvalue weighted by Gasteiger charge is -2.28. The first kappa shape index (κ1) is 21.4. The molecule has 0 aliphatic heterocycles. The first-order valence-electron chi connectivity index (χ1n) is 10.3. The zero-order valence-corrected chi connectivity index (χ0v) is 18.2. The number of aryl methyl sites for hydroxylation is 1. The summed E-state index contributed by atoms with van der Waals surface area (Å²) in [5, 5.41) is 29.5. The van der Waals surface area contributed by atoms with Crippen molar-refractivity contribution in [2.75, 3.05) is 7.11 Å². The van der Waals surface area contributed by atoms with Gasteiger partial charge in [0.2, 0.25) is 0 Å². The van der Waals surface area contributed by atoms with Crippen molar-refractivity contribution in [2.24, 2.45) is 0 Å². The number of carboxylic acids is 1. The van der Waals surface area contributed by atoms with E-state index in [2.05, 4.69) is 10.2 Å². The molecule has 7 heteroatoms. The zero-order chi connectivity index (χ0) is 22.9. The second-order valence-electron chi connectivity index (χ2n) is 8.24. The molecule has 0 fully saturated rings. The molecule has 0 saturated heterocycles. The van der Waals surface area contributed by atoms with Crippen LogP contribution in [0.15, 0.2) is 60.7 Å². The van der Waals surface area contributed by atoms with E-state index in [9.17, 15) is 15.0 Å². The number of benzene rings is 3. The molecular formula is C25H25N3O4. The Morgan fingerprint density at radius 1 is 1.03 bits per heavy atom. The highest BCUT2D eigenvalue weighted by atomic mass is 16.5. The standard InChI is InChI=1S/C25H25N3O4/c1-25(2,17-9-11-18(32-3)12-10-17)19-14-16(8-13-23(29)30)15-22(24(19)31)28-26-20-6-4-5-7-21(20)27-28/h4-7,9-12,14-15,31H,8,13H2,1-3H3,(H,29,30). The van der Waals surface area contributed by atoms with Gasteiger partial charge in [-0.05, 0) is 47.9 Å². The predicted octanol–water partition coefficient (Wildman–Crippen LogP) is 4.48. The Morgan fingerprint density at radius 2 is 1.66 bits per heavy atom. The smallest absolute Gasteiger partial charge is 0.303 e. The highest BCUT2D eigenvalue weighted by molar-refractivity contribution is 5.74. The Labute approximate surface area is 185 Å². The second-order valence-corrected chi connectivity index (χ2v) is 8.24. The van der Waals surface area contributed by atoms with Gasteiger partial charge in [-0.25, -0.2) is 0 Å². The molecule has 0 amide bonds. The first-order valence-corrected chi connectivity index (χ1v) is 10.3. The topological polar surface area (TPSA) is 97.5 Å². The maximum atomic E-state index is 11.3. The van der Waals surface area contributed by atoms with Crippen LogP contribution in [0.2, 0.25) is 0 Å². The fourth-order valence-corrected chi connectivity index (χ4v) is 3.83. The summed E-state index contributed by atoms with van der Waals surface area (Å²) in [6.45, 7) is 4.03. The quantitative estimate of drug-likeness (QED) is 0.448. The van der Waals surface area contributed by atoms with Crippen LogP contribution in [-0.4, -0.2) is 38.3 Å². The monoisotopic (exact) mass is 431 g/mol. The molecule has 7 nitrogen and oxygen atoms in total. The molecule has 2 N–H and O–H groups in total. The van der Waals surface area contributed by atoms with Crippen LogP contribution in [0.5, 0.6) is 11.5 Å². The average Bonchev–Trinajstić information content (AvgIpc) is 3.22. The summed E-state index contributed by atoms with van der Waals surface area (Å²) >= 11 is 0. The number of phenolic OH excluding ortho intramolecular Hbond substituents is 1. The lowest BCUT2D eigenvalue weighted by molar-refractivity contribution is -0.136. The van der Waals surface area contributed by atoms with Crippen LogP contribution in [0.3, 0.4) is 0 Å². The van der Waals surface area contributed by atoms with Gasteiger partial charge in [-0.15, -0.1) is 15.0 Å². The molecule has 164 valence electrons. The molecule has 0 bridgehead atoms. The Kier molecular flexibility index (Phi) is 5.57. The van der Waals surface area contributed by atoms with Crippen LogP contribution in [0.25, 0.3) is 16.7 Å². The number of hydrogen-bond donors (Lipinski definition) is 2. The molecule has 0 radical (unpaired) electrons. The number of ether oxygens (including phenoxy) is 1. The molecule has 0 atom stereocenters. The van der Waals surface area contributed by atoms with Crippen LogP contribution < -0.4 is 4.74 Å². The zero-order valence-electron chi connectivity index (χ0n) is 18.2. The van der Waals surface area contributed by atoms with Crippen molar-refractivity contribution in [1.29, 1.82) is 0 Å². The number of carbonyl (C=O) groups is 1. The summed E-state index contributed by atoms with van der Waals surface area (Å²) in [7, 11) is 1.62. The number of methoxy groups -OCH3 is 1. The van der Waals surface area contributed by atoms with Gasteiger partial charge in [-0.2, -0.15) is 0 Å². The molecule has 0 saturated carbocycles. The van der Waals surface area contributed by atoms with Crippen molar-refractivity contribution in [3.63, 3.8) is 0 Å². The minimum absolute atomic E-state index is 0.0128. The normalized spacial score (nSPS) is 11.6. The number of hydrogen-bond acceptors (Lipinski definition) is 5. The molecule has 1 heterocycles. The van der Waals surface area contributed by atoms with Gasteiger partial charge in [0, 0.05) is 17.4 Å². The van der Waals surface area contributed by atoms with Crippen LogP contribution in [-0.2, 0) is 16.6 Å². The van der Waals surface area contributed by atoms with Gasteiger partial charge in [0.25, 0.3) is 0 Å². The number of aromatic nitrogens is 3. The SMILES string of the molecule is COc1ccc(C(C)(C)c2cc(CCC(=O)O)cc(-n3nc4ccccc4n3)c2O)cc1. The van der Waals surface area contributed by atoms with Crippen molar-refractivity contribution in [1.82, 2.24) is 15.0 Å². The first-order chi connectivity index (χ1) is 15.3. The summed E-state index contributed by atoms with van der Waals surface area (Å²) in [6, 6.07) is 18.8. The lowest BCUT2D eigenvalue weighted by Crippen LogP contribution is -2.20. The Hall–Kier alpha value is -3.87. The van der Waals surface area contributed by atoms with Gasteiger partial charge in [0.15, 0.2) is 0 Å². The Balaban J connectivity index is 1.87. The lowest BCUT2D eigenvalue weighted by atomic mass is 9.76. The van der Waals surface area contributed by atoms with E-state index in [4.69, 9.17) is 4.74 Å². The molecule has 0 aliphatic carbocycles. The van der Waals surface area contributed by atoms with E-state index in [0.717, 1.165) is 16.9 Å². The van der Waals surface area contributed by atoms with Crippen molar-refractivity contribution in [2.45, 2.75) is 32.1 Å². The molecule has 3 aromatic carbocycles. The van der Waals surface area contributed by atoms with Gasteiger partial charge in [-0.1, -0.05) is 44.2 Å². The van der Waals surface area contributed by atoms with E-state index in [1.54, 1.807) is 13.2 Å². The van der Waals surface area contributed by atoms with Gasteiger partial charge < -0.3 is 14.9 Å². The van der Waals surface area contributed by atoms with Gasteiger partial charge >= 0.3 is 5.97 Å². The van der Waals surface area contributed by atoms with E-state index in [0.29, 0.717) is 28.7 Å². The molecule has 32 heavy (non-hydrogen) atoms. The van der Waals surface area contributed by atoms with Crippen LogP contribution in [0.4, 0.5) is 0 Å². The molecule has 4 aromatic rings. The van der Waals surface area contributed by atoms with E-state index in [1.807, 2.05) is 68.4 Å². The highest BCUT2D eigenvalue weighted by Gasteiger charge is 2.29. The van der Waals surface area contributed by atoms with Crippen molar-refractivity contribution in [3.8, 4) is 17.2 Å². The maximum Gasteiger partial charge on any atom is 0.303 e. The summed E-state index contributed by atoms with van der Waals surface area (Å²) < 4.78 is 5.27. The van der Waals surface area contributed by atoms with Crippen molar-refractivity contribution >= 4 is 17.0 Å². The third-order valence-electron chi connectivity index (χ3n) is 5.76. The van der Waals surface area contributed by atoms with Gasteiger partial charge in [0.1, 0.15) is 28.2 Å². The average molecular weight is 431 g/mol. The fourth-order valence-electron chi connectivity index (χ4n) is 3.83. The molecule has 0 aliphatic rings. The van der Waals surface area contributed by atoms with Crippen molar-refractivity contribution in [3.05, 3.63) is 77.4 Å². The van der Waals surface area contributed by atoms with Gasteiger partial charge in [0.05, 0.1) is 7.11 Å². The minimum Gasteiger partial charge on any atom is -0.505 e. The molecule has 1 aromatic heterocycles. The number of phenols is 1. The summed E-state index contributed by atoms with van der Waals surface area (Å²) in [6.07, 6.45) is 0.316. The van der Waals surface area contributed by atoms with E-state index in [1.165, 1.54) is 4.80 Å². The highest BCUT2D eigenvalue weighted by Crippen LogP contribution is 2.41. The fraction of sp³-hybridized carbons (Fsp3) is 0.240. The van der Waals surface area contributed by atoms with Crippen LogP contribution >= 0.6 is 0 Å². The third kappa shape index (κ3) is 4.01. The molecule has 0 unspecified atom stereocenters. The maximum absolute atomic E-state index is 11.3. The van der Waals surface area contributed by atoms with Gasteiger partial charge in [-0.3, -0.25) is 4.79 Å². The number of aromatic hydroxyl groups is 1. The molecular weight excluding hydrogens is 406 g/mol.